The molecular weight excluding hydrogens is 312 g/mol. The summed E-state index contributed by atoms with van der Waals surface area (Å²) >= 11 is 0. The van der Waals surface area contributed by atoms with E-state index >= 15 is 0 Å². The molecule has 0 radical (unpaired) electrons. The number of carbonyl (C=O) groups excluding carboxylic acids is 1. The fourth-order valence-corrected chi connectivity index (χ4v) is 2.80. The second kappa shape index (κ2) is 7.99. The average Bonchev–Trinajstić information content (AvgIpc) is 3.05. The zero-order chi connectivity index (χ0) is 17.7. The first kappa shape index (κ1) is 18.0. The number of carbonyl (C=O) groups is 2. The van der Waals surface area contributed by atoms with E-state index < -0.39 is 23.3 Å². The molecule has 132 valence electrons. The predicted octanol–water partition coefficient (Wildman–Crippen LogP) is 3.08. The Hall–Kier alpha value is -2.31. The Morgan fingerprint density at radius 2 is 2.00 bits per heavy atom. The molecule has 2 N–H and O–H groups in total. The Morgan fingerprint density at radius 1 is 1.33 bits per heavy atom. The number of aliphatic hydroxyl groups excluding tert-OH is 1. The van der Waals surface area contributed by atoms with Crippen LogP contribution in [0.2, 0.25) is 0 Å². The second-order valence-corrected chi connectivity index (χ2v) is 6.15. The van der Waals surface area contributed by atoms with Crippen LogP contribution in [0.3, 0.4) is 0 Å². The van der Waals surface area contributed by atoms with Crippen molar-refractivity contribution in [3.63, 3.8) is 0 Å². The average molecular weight is 336 g/mol. The van der Waals surface area contributed by atoms with E-state index in [9.17, 15) is 14.7 Å². The topological polar surface area (TPSA) is 102 Å². The summed E-state index contributed by atoms with van der Waals surface area (Å²) in [6.45, 7) is 3.55. The van der Waals surface area contributed by atoms with Gasteiger partial charge in [0, 0.05) is 12.2 Å². The lowest BCUT2D eigenvalue weighted by molar-refractivity contribution is -0.142. The Kier molecular flexibility index (Phi) is 6.00. The van der Waals surface area contributed by atoms with Crippen molar-refractivity contribution in [1.29, 1.82) is 0 Å². The first-order valence-electron chi connectivity index (χ1n) is 8.35. The first-order chi connectivity index (χ1) is 11.4. The number of esters is 1. The summed E-state index contributed by atoms with van der Waals surface area (Å²) in [5.74, 6) is -3.51. The molecule has 1 saturated carbocycles. The largest absolute Gasteiger partial charge is 0.501 e. The summed E-state index contributed by atoms with van der Waals surface area (Å²) in [4.78, 5) is 27.6. The Morgan fingerprint density at radius 3 is 2.58 bits per heavy atom. The quantitative estimate of drug-likeness (QED) is 0.470. The monoisotopic (exact) mass is 336 g/mol. The zero-order valence-electron chi connectivity index (χ0n) is 14.1. The van der Waals surface area contributed by atoms with Gasteiger partial charge in [-0.25, -0.2) is 14.6 Å². The van der Waals surface area contributed by atoms with Crippen molar-refractivity contribution < 1.29 is 24.5 Å². The summed E-state index contributed by atoms with van der Waals surface area (Å²) in [6.07, 6.45) is 8.94. The van der Waals surface area contributed by atoms with Crippen molar-refractivity contribution in [1.82, 2.24) is 9.55 Å². The lowest BCUT2D eigenvalue weighted by atomic mass is 9.95. The number of rotatable bonds is 6. The second-order valence-electron chi connectivity index (χ2n) is 6.15. The van der Waals surface area contributed by atoms with E-state index in [2.05, 4.69) is 4.98 Å². The maximum Gasteiger partial charge on any atom is 0.371 e. The van der Waals surface area contributed by atoms with Gasteiger partial charge in [-0.3, -0.25) is 0 Å². The molecule has 1 aromatic rings. The molecule has 0 spiro atoms. The minimum atomic E-state index is -1.58. The lowest BCUT2D eigenvalue weighted by Gasteiger charge is -2.22. The zero-order valence-corrected chi connectivity index (χ0v) is 14.1. The summed E-state index contributed by atoms with van der Waals surface area (Å²) in [6, 6.07) is 0.291. The van der Waals surface area contributed by atoms with Crippen molar-refractivity contribution in [2.75, 3.05) is 0 Å². The van der Waals surface area contributed by atoms with E-state index in [4.69, 9.17) is 9.84 Å². The predicted molar refractivity (Wildman–Crippen MR) is 87.4 cm³/mol. The summed E-state index contributed by atoms with van der Waals surface area (Å²) in [7, 11) is 0. The molecule has 0 bridgehead atoms. The van der Waals surface area contributed by atoms with E-state index in [0.717, 1.165) is 25.7 Å². The number of imidazole rings is 1. The number of hydrogen-bond donors (Lipinski definition) is 2. The van der Waals surface area contributed by atoms with Gasteiger partial charge in [0.2, 0.25) is 5.76 Å². The van der Waals surface area contributed by atoms with Crippen LogP contribution in [0.4, 0.5) is 0 Å². The number of aliphatic hydroxyl groups is 1. The summed E-state index contributed by atoms with van der Waals surface area (Å²) in [5, 5.41) is 18.9. The van der Waals surface area contributed by atoms with Crippen molar-refractivity contribution in [2.24, 2.45) is 0 Å². The van der Waals surface area contributed by atoms with Gasteiger partial charge in [0.05, 0.1) is 18.1 Å². The highest BCUT2D eigenvalue weighted by Gasteiger charge is 2.27. The van der Waals surface area contributed by atoms with E-state index in [0.29, 0.717) is 12.5 Å². The number of hydrogen-bond acceptors (Lipinski definition) is 5. The molecule has 1 aromatic heterocycles. The van der Waals surface area contributed by atoms with Crippen molar-refractivity contribution >= 4 is 17.5 Å². The van der Waals surface area contributed by atoms with E-state index in [1.54, 1.807) is 19.4 Å². The van der Waals surface area contributed by atoms with Crippen LogP contribution in [0, 0.1) is 0 Å². The highest BCUT2D eigenvalue weighted by Crippen LogP contribution is 2.29. The number of aliphatic carboxylic acids is 1. The molecular formula is C17H24N2O5. The third kappa shape index (κ3) is 4.15. The maximum atomic E-state index is 12.3. The third-order valence-corrected chi connectivity index (χ3v) is 4.38. The van der Waals surface area contributed by atoms with Crippen LogP contribution in [-0.2, 0) is 14.3 Å². The summed E-state index contributed by atoms with van der Waals surface area (Å²) < 4.78 is 7.06. The fourth-order valence-electron chi connectivity index (χ4n) is 2.80. The van der Waals surface area contributed by atoms with Crippen LogP contribution in [0.15, 0.2) is 18.3 Å². The minimum Gasteiger partial charge on any atom is -0.501 e. The number of aromatic nitrogens is 2. The van der Waals surface area contributed by atoms with Crippen molar-refractivity contribution in [3.05, 3.63) is 24.0 Å². The van der Waals surface area contributed by atoms with Gasteiger partial charge >= 0.3 is 11.9 Å². The van der Waals surface area contributed by atoms with Crippen LogP contribution < -0.4 is 0 Å². The van der Waals surface area contributed by atoms with Crippen molar-refractivity contribution in [3.8, 4) is 0 Å². The van der Waals surface area contributed by atoms with E-state index in [1.165, 1.54) is 6.42 Å². The number of nitrogens with zero attached hydrogens (tertiary/aromatic N) is 2. The van der Waals surface area contributed by atoms with Crippen molar-refractivity contribution in [2.45, 2.75) is 64.5 Å². The van der Waals surface area contributed by atoms with Gasteiger partial charge in [0.15, 0.2) is 0 Å². The van der Waals surface area contributed by atoms with Gasteiger partial charge in [-0.05, 0) is 26.2 Å². The number of carboxylic acid groups (broad SMARTS) is 1. The SMILES string of the molecule is CCC(C)OC(=O)C(=C(O)C(=O)O)c1cn(C2CCCCC2)cn1. The Labute approximate surface area is 141 Å². The fraction of sp³-hybridized carbons (Fsp3) is 0.588. The molecule has 0 amide bonds. The number of ether oxygens (including phenoxy) is 1. The summed E-state index contributed by atoms with van der Waals surface area (Å²) in [5.41, 5.74) is -0.286. The van der Waals surface area contributed by atoms with Gasteiger partial charge in [-0.2, -0.15) is 0 Å². The highest BCUT2D eigenvalue weighted by molar-refractivity contribution is 6.21. The molecule has 0 saturated heterocycles. The standard InChI is InChI=1S/C17H24N2O5/c1-3-11(2)24-17(23)14(15(20)16(21)22)13-9-19(10-18-13)12-7-5-4-6-8-12/h9-12,20H,3-8H2,1-2H3,(H,21,22). The molecule has 1 heterocycles. The molecule has 1 aliphatic carbocycles. The molecule has 24 heavy (non-hydrogen) atoms. The highest BCUT2D eigenvalue weighted by atomic mass is 16.5. The van der Waals surface area contributed by atoms with E-state index in [1.807, 2.05) is 11.5 Å². The smallest absolute Gasteiger partial charge is 0.371 e. The molecule has 0 aliphatic heterocycles. The molecule has 1 aliphatic rings. The number of carboxylic acids is 1. The molecule has 7 nitrogen and oxygen atoms in total. The molecule has 1 unspecified atom stereocenters. The van der Waals surface area contributed by atoms with E-state index in [-0.39, 0.29) is 11.8 Å². The van der Waals surface area contributed by atoms with Crippen LogP contribution in [0.5, 0.6) is 0 Å². The molecule has 2 rings (SSSR count). The maximum absolute atomic E-state index is 12.3. The first-order valence-corrected chi connectivity index (χ1v) is 8.35. The van der Waals surface area contributed by atoms with Gasteiger partial charge in [-0.1, -0.05) is 26.2 Å². The van der Waals surface area contributed by atoms with Gasteiger partial charge < -0.3 is 19.5 Å². The van der Waals surface area contributed by atoms with Gasteiger partial charge in [0.25, 0.3) is 0 Å². The molecule has 7 heteroatoms. The van der Waals surface area contributed by atoms with Gasteiger partial charge in [0.1, 0.15) is 5.57 Å². The molecule has 1 atom stereocenters. The lowest BCUT2D eigenvalue weighted by Crippen LogP contribution is -2.18. The van der Waals surface area contributed by atoms with Crippen LogP contribution in [-0.4, -0.2) is 37.8 Å². The van der Waals surface area contributed by atoms with Crippen LogP contribution in [0.25, 0.3) is 5.57 Å². The molecule has 1 fully saturated rings. The van der Waals surface area contributed by atoms with Crippen LogP contribution in [0.1, 0.15) is 64.1 Å². The Balaban J connectivity index is 2.31. The van der Waals surface area contributed by atoms with Gasteiger partial charge in [-0.15, -0.1) is 0 Å². The normalized spacial score (nSPS) is 17.9. The minimum absolute atomic E-state index is 0.119. The third-order valence-electron chi connectivity index (χ3n) is 4.38. The Bertz CT molecular complexity index is 629. The molecule has 0 aromatic carbocycles. The van der Waals surface area contributed by atoms with Crippen LogP contribution >= 0.6 is 0 Å².